The molecule has 1 heterocycles. The summed E-state index contributed by atoms with van der Waals surface area (Å²) in [6, 6.07) is 23.3. The monoisotopic (exact) mass is 444 g/mol. The van der Waals surface area contributed by atoms with Crippen molar-refractivity contribution < 1.29 is 9.59 Å². The average Bonchev–Trinajstić information content (AvgIpc) is 2.76. The van der Waals surface area contributed by atoms with Crippen molar-refractivity contribution in [3.8, 4) is 0 Å². The van der Waals surface area contributed by atoms with Crippen LogP contribution in [0.4, 0.5) is 5.69 Å². The molecule has 4 rings (SSSR count). The maximum Gasteiger partial charge on any atom is 0.270 e. The molecule has 0 spiro atoms. The van der Waals surface area contributed by atoms with E-state index in [0.29, 0.717) is 5.69 Å². The molecule has 2 amide bonds. The lowest BCUT2D eigenvalue weighted by molar-refractivity contribution is -0.122. The van der Waals surface area contributed by atoms with E-state index in [1.165, 1.54) is 4.90 Å². The third-order valence-electron chi connectivity index (χ3n) is 5.11. The number of aryl methyl sites for hydroxylation is 1. The smallest absolute Gasteiger partial charge is 0.270 e. The molecular formula is C25H20N2O2S2. The highest BCUT2D eigenvalue weighted by Crippen LogP contribution is 2.32. The van der Waals surface area contributed by atoms with Crippen LogP contribution in [0, 0.1) is 13.8 Å². The number of nitrogens with one attached hydrogen (secondary N) is 1. The maximum absolute atomic E-state index is 13.4. The zero-order chi connectivity index (χ0) is 22.0. The Kier molecular flexibility index (Phi) is 6.02. The minimum atomic E-state index is -0.490. The third kappa shape index (κ3) is 4.31. The average molecular weight is 445 g/mol. The minimum Gasteiger partial charge on any atom is -0.298 e. The Hall–Kier alpha value is -3.22. The molecule has 1 fully saturated rings. The summed E-state index contributed by atoms with van der Waals surface area (Å²) in [5, 5.41) is 2.76. The van der Waals surface area contributed by atoms with Crippen LogP contribution in [0.1, 0.15) is 16.7 Å². The number of rotatable bonds is 4. The topological polar surface area (TPSA) is 49.4 Å². The molecule has 3 aromatic rings. The summed E-state index contributed by atoms with van der Waals surface area (Å²) in [6.45, 7) is 3.91. The van der Waals surface area contributed by atoms with Crippen LogP contribution in [0.3, 0.4) is 0 Å². The van der Waals surface area contributed by atoms with Crippen LogP contribution in [0.25, 0.3) is 6.08 Å². The first-order valence-electron chi connectivity index (χ1n) is 9.75. The molecule has 1 aliphatic rings. The summed E-state index contributed by atoms with van der Waals surface area (Å²) in [5.74, 6) is -0.918. The lowest BCUT2D eigenvalue weighted by Crippen LogP contribution is -2.54. The van der Waals surface area contributed by atoms with Gasteiger partial charge in [0, 0.05) is 9.79 Å². The Bertz CT molecular complexity index is 1220. The predicted molar refractivity (Wildman–Crippen MR) is 129 cm³/mol. The van der Waals surface area contributed by atoms with Gasteiger partial charge in [-0.3, -0.25) is 19.8 Å². The van der Waals surface area contributed by atoms with Crippen molar-refractivity contribution in [1.29, 1.82) is 0 Å². The van der Waals surface area contributed by atoms with Gasteiger partial charge in [0.2, 0.25) is 0 Å². The summed E-state index contributed by atoms with van der Waals surface area (Å²) in [4.78, 5) is 29.5. The molecule has 0 aliphatic carbocycles. The van der Waals surface area contributed by atoms with Gasteiger partial charge in [0.25, 0.3) is 11.8 Å². The van der Waals surface area contributed by atoms with E-state index in [2.05, 4.69) is 5.32 Å². The van der Waals surface area contributed by atoms with Gasteiger partial charge in [0.05, 0.1) is 5.69 Å². The second-order valence-electron chi connectivity index (χ2n) is 7.13. The molecule has 1 N–H and O–H groups in total. The zero-order valence-electron chi connectivity index (χ0n) is 17.1. The second kappa shape index (κ2) is 8.88. The normalized spacial score (nSPS) is 15.4. The summed E-state index contributed by atoms with van der Waals surface area (Å²) in [6.07, 6.45) is 1.64. The first-order valence-corrected chi connectivity index (χ1v) is 11.0. The van der Waals surface area contributed by atoms with Gasteiger partial charge in [-0.25, -0.2) is 0 Å². The minimum absolute atomic E-state index is 0.0515. The molecule has 1 aliphatic heterocycles. The van der Waals surface area contributed by atoms with Gasteiger partial charge in [0.15, 0.2) is 5.11 Å². The lowest BCUT2D eigenvalue weighted by Gasteiger charge is -2.30. The highest BCUT2D eigenvalue weighted by Gasteiger charge is 2.35. The number of amides is 2. The first-order chi connectivity index (χ1) is 15.0. The molecule has 1 saturated heterocycles. The standard InChI is InChI=1S/C25H20N2O2S2/c1-16-9-8-13-21(17(16)2)27-24(29)20(23(28)26-25(27)30)15-18-10-6-7-14-22(18)31-19-11-4-3-5-12-19/h3-15H,1-2H3,(H,26,28,30)/b20-15-. The Balaban J connectivity index is 1.74. The highest BCUT2D eigenvalue weighted by atomic mass is 32.2. The van der Waals surface area contributed by atoms with Gasteiger partial charge in [-0.05, 0) is 73.1 Å². The van der Waals surface area contributed by atoms with Crippen LogP contribution < -0.4 is 10.2 Å². The van der Waals surface area contributed by atoms with E-state index in [4.69, 9.17) is 12.2 Å². The van der Waals surface area contributed by atoms with Crippen LogP contribution in [-0.4, -0.2) is 16.9 Å². The van der Waals surface area contributed by atoms with Crippen molar-refractivity contribution in [2.24, 2.45) is 0 Å². The second-order valence-corrected chi connectivity index (χ2v) is 8.63. The van der Waals surface area contributed by atoms with E-state index in [9.17, 15) is 9.59 Å². The van der Waals surface area contributed by atoms with Crippen molar-refractivity contribution in [2.45, 2.75) is 23.6 Å². The number of carbonyl (C=O) groups excluding carboxylic acids is 2. The Morgan fingerprint density at radius 2 is 1.61 bits per heavy atom. The van der Waals surface area contributed by atoms with Gasteiger partial charge in [-0.15, -0.1) is 0 Å². The molecule has 6 heteroatoms. The molecule has 31 heavy (non-hydrogen) atoms. The van der Waals surface area contributed by atoms with Crippen molar-refractivity contribution in [3.63, 3.8) is 0 Å². The maximum atomic E-state index is 13.4. The number of anilines is 1. The van der Waals surface area contributed by atoms with E-state index < -0.39 is 11.8 Å². The highest BCUT2D eigenvalue weighted by molar-refractivity contribution is 7.99. The SMILES string of the molecule is Cc1cccc(N2C(=O)/C(=C\c3ccccc3Sc3ccccc3)C(=O)NC2=S)c1C. The van der Waals surface area contributed by atoms with Crippen molar-refractivity contribution in [3.05, 3.63) is 95.1 Å². The van der Waals surface area contributed by atoms with Crippen molar-refractivity contribution in [1.82, 2.24) is 5.32 Å². The van der Waals surface area contributed by atoms with Crippen molar-refractivity contribution in [2.75, 3.05) is 4.90 Å². The molecule has 0 aromatic heterocycles. The molecule has 0 unspecified atom stereocenters. The summed E-state index contributed by atoms with van der Waals surface area (Å²) < 4.78 is 0. The Morgan fingerprint density at radius 3 is 2.39 bits per heavy atom. The Labute approximate surface area is 191 Å². The molecular weight excluding hydrogens is 424 g/mol. The van der Waals surface area contributed by atoms with Gasteiger partial charge >= 0.3 is 0 Å². The summed E-state index contributed by atoms with van der Waals surface area (Å²) in [5.41, 5.74) is 3.50. The van der Waals surface area contributed by atoms with Crippen molar-refractivity contribution >= 4 is 52.7 Å². The molecule has 154 valence electrons. The van der Waals surface area contributed by atoms with E-state index in [0.717, 1.165) is 26.5 Å². The third-order valence-corrected chi connectivity index (χ3v) is 6.49. The number of hydrogen-bond acceptors (Lipinski definition) is 4. The fourth-order valence-corrected chi connectivity index (χ4v) is 4.53. The molecule has 0 radical (unpaired) electrons. The zero-order valence-corrected chi connectivity index (χ0v) is 18.7. The van der Waals surface area contributed by atoms with Gasteiger partial charge in [0.1, 0.15) is 5.57 Å². The van der Waals surface area contributed by atoms with Crippen LogP contribution in [0.5, 0.6) is 0 Å². The van der Waals surface area contributed by atoms with Crippen LogP contribution in [-0.2, 0) is 9.59 Å². The summed E-state index contributed by atoms with van der Waals surface area (Å²) >= 11 is 6.92. The lowest BCUT2D eigenvalue weighted by atomic mass is 10.0. The predicted octanol–water partition coefficient (Wildman–Crippen LogP) is 5.29. The van der Waals surface area contributed by atoms with E-state index in [-0.39, 0.29) is 10.7 Å². The largest absolute Gasteiger partial charge is 0.298 e. The number of nitrogens with zero attached hydrogens (tertiary/aromatic N) is 1. The van der Waals surface area contributed by atoms with E-state index >= 15 is 0 Å². The number of hydrogen-bond donors (Lipinski definition) is 1. The molecule has 0 saturated carbocycles. The number of benzene rings is 3. The van der Waals surface area contributed by atoms with Gasteiger partial charge in [-0.1, -0.05) is 60.3 Å². The molecule has 0 atom stereocenters. The number of thiocarbonyl (C=S) groups is 1. The van der Waals surface area contributed by atoms with E-state index in [1.54, 1.807) is 17.8 Å². The van der Waals surface area contributed by atoms with Crippen LogP contribution >= 0.6 is 24.0 Å². The number of carbonyl (C=O) groups is 2. The van der Waals surface area contributed by atoms with Gasteiger partial charge in [-0.2, -0.15) is 0 Å². The van der Waals surface area contributed by atoms with E-state index in [1.807, 2.05) is 86.6 Å². The van der Waals surface area contributed by atoms with Crippen LogP contribution in [0.2, 0.25) is 0 Å². The molecule has 4 nitrogen and oxygen atoms in total. The molecule has 3 aromatic carbocycles. The first kappa shape index (κ1) is 21.0. The van der Waals surface area contributed by atoms with Crippen LogP contribution in [0.15, 0.2) is 88.2 Å². The Morgan fingerprint density at radius 1 is 0.903 bits per heavy atom. The molecule has 0 bridgehead atoms. The fraction of sp³-hybridized carbons (Fsp3) is 0.0800. The quantitative estimate of drug-likeness (QED) is 0.338. The fourth-order valence-electron chi connectivity index (χ4n) is 3.32. The summed E-state index contributed by atoms with van der Waals surface area (Å²) in [7, 11) is 0. The van der Waals surface area contributed by atoms with Gasteiger partial charge < -0.3 is 0 Å².